The number of benzene rings is 1. The lowest BCUT2D eigenvalue weighted by molar-refractivity contribution is 0.375. The first-order chi connectivity index (χ1) is 8.09. The number of rotatable bonds is 0. The first kappa shape index (κ1) is 9.52. The lowest BCUT2D eigenvalue weighted by Gasteiger charge is -2.31. The smallest absolute Gasteiger partial charge is 0.0355 e. The van der Waals surface area contributed by atoms with Gasteiger partial charge in [0, 0.05) is 16.5 Å². The second-order valence-electron chi connectivity index (χ2n) is 6.14. The minimum atomic E-state index is 0.221. The normalized spacial score (nSPS) is 35.3. The Balaban J connectivity index is 2.12. The zero-order chi connectivity index (χ0) is 11.8. The van der Waals surface area contributed by atoms with Crippen LogP contribution in [0.15, 0.2) is 42.1 Å². The Morgan fingerprint density at radius 1 is 1.24 bits per heavy atom. The molecule has 86 valence electrons. The van der Waals surface area contributed by atoms with Gasteiger partial charge in [-0.15, -0.1) is 0 Å². The van der Waals surface area contributed by atoms with Crippen LogP contribution in [0.2, 0.25) is 0 Å². The van der Waals surface area contributed by atoms with Gasteiger partial charge >= 0.3 is 0 Å². The van der Waals surface area contributed by atoms with Crippen molar-refractivity contribution in [1.29, 1.82) is 0 Å². The van der Waals surface area contributed by atoms with E-state index < -0.39 is 0 Å². The van der Waals surface area contributed by atoms with Crippen LogP contribution in [0.3, 0.4) is 0 Å². The summed E-state index contributed by atoms with van der Waals surface area (Å²) in [5.74, 6) is 0.701. The van der Waals surface area contributed by atoms with Crippen molar-refractivity contribution in [3.63, 3.8) is 0 Å². The third-order valence-electron chi connectivity index (χ3n) is 5.24. The van der Waals surface area contributed by atoms with E-state index in [1.807, 2.05) is 0 Å². The van der Waals surface area contributed by atoms with Crippen molar-refractivity contribution in [3.05, 3.63) is 53.2 Å². The average Bonchev–Trinajstić information content (AvgIpc) is 3.00. The maximum Gasteiger partial charge on any atom is 0.0355 e. The molecular formula is C16H17N. The molecular weight excluding hydrogens is 206 g/mol. The molecule has 0 heterocycles. The van der Waals surface area contributed by atoms with Gasteiger partial charge in [0.1, 0.15) is 0 Å². The third kappa shape index (κ3) is 0.822. The number of hydrogen-bond acceptors (Lipinski definition) is 1. The standard InChI is InChI=1S/C16H17N/c1-15(2)12-6-4-3-5-11(12)14-13(17)8-7-10-9-16(10,14)15/h3-8,10H,9,17H2,1-2H3. The Kier molecular flexibility index (Phi) is 1.40. The minimum absolute atomic E-state index is 0.221. The maximum atomic E-state index is 6.26. The fraction of sp³-hybridized carbons (Fsp3) is 0.375. The quantitative estimate of drug-likeness (QED) is 0.718. The predicted octanol–water partition coefficient (Wildman–Crippen LogP) is 3.22. The van der Waals surface area contributed by atoms with Gasteiger partial charge in [-0.3, -0.25) is 0 Å². The van der Waals surface area contributed by atoms with Crippen molar-refractivity contribution >= 4 is 5.57 Å². The monoisotopic (exact) mass is 223 g/mol. The summed E-state index contributed by atoms with van der Waals surface area (Å²) < 4.78 is 0. The second-order valence-corrected chi connectivity index (χ2v) is 6.14. The van der Waals surface area contributed by atoms with E-state index in [0.29, 0.717) is 11.3 Å². The summed E-state index contributed by atoms with van der Waals surface area (Å²) >= 11 is 0. The lowest BCUT2D eigenvalue weighted by atomic mass is 9.72. The highest BCUT2D eigenvalue weighted by atomic mass is 14.7. The van der Waals surface area contributed by atoms with Crippen LogP contribution in [0.5, 0.6) is 0 Å². The van der Waals surface area contributed by atoms with Crippen LogP contribution in [0.4, 0.5) is 0 Å². The summed E-state index contributed by atoms with van der Waals surface area (Å²) in [6.07, 6.45) is 5.69. The van der Waals surface area contributed by atoms with Gasteiger partial charge in [-0.1, -0.05) is 44.2 Å². The number of hydrogen-bond donors (Lipinski definition) is 1. The molecule has 2 atom stereocenters. The van der Waals surface area contributed by atoms with Gasteiger partial charge in [0.25, 0.3) is 0 Å². The average molecular weight is 223 g/mol. The Morgan fingerprint density at radius 2 is 2.00 bits per heavy atom. The van der Waals surface area contributed by atoms with E-state index in [4.69, 9.17) is 5.73 Å². The van der Waals surface area contributed by atoms with E-state index >= 15 is 0 Å². The first-order valence-electron chi connectivity index (χ1n) is 6.37. The van der Waals surface area contributed by atoms with Gasteiger partial charge in [-0.2, -0.15) is 0 Å². The molecule has 1 heteroatoms. The molecule has 0 amide bonds. The van der Waals surface area contributed by atoms with Gasteiger partial charge in [-0.05, 0) is 35.1 Å². The summed E-state index contributed by atoms with van der Waals surface area (Å²) in [6, 6.07) is 8.79. The van der Waals surface area contributed by atoms with Gasteiger partial charge in [-0.25, -0.2) is 0 Å². The highest BCUT2D eigenvalue weighted by molar-refractivity contribution is 5.87. The molecule has 1 fully saturated rings. The van der Waals surface area contributed by atoms with Gasteiger partial charge in [0.2, 0.25) is 0 Å². The summed E-state index contributed by atoms with van der Waals surface area (Å²) in [7, 11) is 0. The molecule has 3 aliphatic rings. The molecule has 4 rings (SSSR count). The van der Waals surface area contributed by atoms with Crippen LogP contribution in [0.1, 0.15) is 31.4 Å². The maximum absolute atomic E-state index is 6.26. The molecule has 3 aliphatic carbocycles. The molecule has 1 spiro atoms. The highest BCUT2D eigenvalue weighted by Crippen LogP contribution is 2.76. The van der Waals surface area contributed by atoms with Crippen LogP contribution in [0.25, 0.3) is 5.57 Å². The molecule has 0 aromatic heterocycles. The summed E-state index contributed by atoms with van der Waals surface area (Å²) in [6.45, 7) is 4.76. The van der Waals surface area contributed by atoms with E-state index in [2.05, 4.69) is 50.3 Å². The molecule has 1 aromatic carbocycles. The van der Waals surface area contributed by atoms with Crippen LogP contribution in [-0.2, 0) is 5.41 Å². The zero-order valence-corrected chi connectivity index (χ0v) is 10.3. The zero-order valence-electron chi connectivity index (χ0n) is 10.3. The van der Waals surface area contributed by atoms with Crippen molar-refractivity contribution < 1.29 is 0 Å². The van der Waals surface area contributed by atoms with Crippen LogP contribution < -0.4 is 5.73 Å². The largest absolute Gasteiger partial charge is 0.398 e. The minimum Gasteiger partial charge on any atom is -0.398 e. The summed E-state index contributed by atoms with van der Waals surface area (Å²) in [5, 5.41) is 0. The molecule has 1 nitrogen and oxygen atoms in total. The Labute approximate surface area is 102 Å². The van der Waals surface area contributed by atoms with Crippen molar-refractivity contribution in [2.24, 2.45) is 17.1 Å². The van der Waals surface area contributed by atoms with E-state index in [0.717, 1.165) is 5.70 Å². The third-order valence-corrected chi connectivity index (χ3v) is 5.24. The van der Waals surface area contributed by atoms with Crippen molar-refractivity contribution in [2.45, 2.75) is 25.7 Å². The van der Waals surface area contributed by atoms with Crippen molar-refractivity contribution in [3.8, 4) is 0 Å². The Hall–Kier alpha value is -1.50. The molecule has 0 bridgehead atoms. The van der Waals surface area contributed by atoms with Crippen molar-refractivity contribution in [1.82, 2.24) is 0 Å². The fourth-order valence-corrected chi connectivity index (χ4v) is 4.28. The highest BCUT2D eigenvalue weighted by Gasteiger charge is 2.69. The summed E-state index contributed by atoms with van der Waals surface area (Å²) in [5.41, 5.74) is 12.1. The first-order valence-corrected chi connectivity index (χ1v) is 6.37. The predicted molar refractivity (Wildman–Crippen MR) is 70.3 cm³/mol. The second kappa shape index (κ2) is 2.50. The molecule has 1 aromatic rings. The van der Waals surface area contributed by atoms with E-state index in [1.54, 1.807) is 0 Å². The van der Waals surface area contributed by atoms with Gasteiger partial charge in [0.15, 0.2) is 0 Å². The van der Waals surface area contributed by atoms with E-state index in [1.165, 1.54) is 23.1 Å². The molecule has 17 heavy (non-hydrogen) atoms. The molecule has 0 radical (unpaired) electrons. The number of allylic oxidation sites excluding steroid dienone is 3. The fourth-order valence-electron chi connectivity index (χ4n) is 4.28. The Bertz CT molecular complexity index is 591. The SMILES string of the molecule is CC1(C)c2ccccc2C2=C(N)C=CC3CC231. The number of fused-ring (bicyclic) bond motifs is 2. The summed E-state index contributed by atoms with van der Waals surface area (Å²) in [4.78, 5) is 0. The van der Waals surface area contributed by atoms with E-state index in [9.17, 15) is 0 Å². The Morgan fingerprint density at radius 3 is 2.82 bits per heavy atom. The molecule has 0 saturated heterocycles. The van der Waals surface area contributed by atoms with E-state index in [-0.39, 0.29) is 5.41 Å². The van der Waals surface area contributed by atoms with Gasteiger partial charge in [0.05, 0.1) is 0 Å². The van der Waals surface area contributed by atoms with Gasteiger partial charge < -0.3 is 5.73 Å². The molecule has 0 aliphatic heterocycles. The van der Waals surface area contributed by atoms with Crippen LogP contribution in [-0.4, -0.2) is 0 Å². The number of nitrogens with two attached hydrogens (primary N) is 1. The molecule has 1 saturated carbocycles. The van der Waals surface area contributed by atoms with Crippen LogP contribution in [0, 0.1) is 11.3 Å². The topological polar surface area (TPSA) is 26.0 Å². The van der Waals surface area contributed by atoms with Crippen LogP contribution >= 0.6 is 0 Å². The molecule has 2 unspecified atom stereocenters. The van der Waals surface area contributed by atoms with Crippen molar-refractivity contribution in [2.75, 3.05) is 0 Å². The lowest BCUT2D eigenvalue weighted by Crippen LogP contribution is -2.28. The molecule has 2 N–H and O–H groups in total.